The van der Waals surface area contributed by atoms with Gasteiger partial charge in [0.1, 0.15) is 5.75 Å². The lowest BCUT2D eigenvalue weighted by molar-refractivity contribution is -0.156. The first-order chi connectivity index (χ1) is 12.3. The summed E-state index contributed by atoms with van der Waals surface area (Å²) in [6.45, 7) is 4.43. The molecule has 4 rings (SSSR count). The second-order valence-electron chi connectivity index (χ2n) is 8.08. The third kappa shape index (κ3) is 2.25. The van der Waals surface area contributed by atoms with Gasteiger partial charge in [0.25, 0.3) is 0 Å². The number of piperidine rings is 1. The second kappa shape index (κ2) is 5.79. The number of aryl methyl sites for hydroxylation is 1. The second-order valence-corrected chi connectivity index (χ2v) is 8.08. The fraction of sp³-hybridized carbons (Fsp3) is 0.600. The van der Waals surface area contributed by atoms with Crippen LogP contribution in [0.5, 0.6) is 5.75 Å². The molecule has 1 saturated carbocycles. The minimum absolute atomic E-state index is 0.0361. The van der Waals surface area contributed by atoms with Crippen LogP contribution in [0.1, 0.15) is 49.3 Å². The molecule has 2 aliphatic carbocycles. The number of aromatic hydroxyl groups is 1. The van der Waals surface area contributed by atoms with Crippen molar-refractivity contribution in [1.29, 1.82) is 0 Å². The molecule has 6 nitrogen and oxygen atoms in total. The number of rotatable bonds is 2. The molecule has 4 N–H and O–H groups in total. The van der Waals surface area contributed by atoms with E-state index in [1.807, 2.05) is 6.92 Å². The molecule has 2 fully saturated rings. The summed E-state index contributed by atoms with van der Waals surface area (Å²) in [4.78, 5) is 24.7. The number of amides is 1. The Morgan fingerprint density at radius 3 is 2.92 bits per heavy atom. The van der Waals surface area contributed by atoms with Gasteiger partial charge in [-0.25, -0.2) is 0 Å². The molecule has 6 heteroatoms. The molecular formula is C20H26N2O4. The number of phenolic OH excluding ortho intramolecular Hbond substituents is 1. The number of hydrogen-bond donors (Lipinski definition) is 4. The molecular weight excluding hydrogens is 332 g/mol. The van der Waals surface area contributed by atoms with Crippen molar-refractivity contribution in [3.8, 4) is 5.75 Å². The van der Waals surface area contributed by atoms with Gasteiger partial charge < -0.3 is 20.8 Å². The summed E-state index contributed by atoms with van der Waals surface area (Å²) < 4.78 is 0. The predicted molar refractivity (Wildman–Crippen MR) is 96.0 cm³/mol. The lowest BCUT2D eigenvalue weighted by atomic mass is 9.49. The first-order valence-electron chi connectivity index (χ1n) is 9.41. The van der Waals surface area contributed by atoms with Crippen LogP contribution in [0.4, 0.5) is 0 Å². The van der Waals surface area contributed by atoms with Crippen molar-refractivity contribution in [2.24, 2.45) is 0 Å². The Kier molecular flexibility index (Phi) is 3.90. The SMILES string of the molecule is CCC(=O)N[C@H]1C[C@@]2(O)[C@H]3Cc4c(C)cc(O)cc4[C@@]2(CCN3)CC1=O. The van der Waals surface area contributed by atoms with Gasteiger partial charge in [-0.1, -0.05) is 6.92 Å². The summed E-state index contributed by atoms with van der Waals surface area (Å²) in [5, 5.41) is 28.2. The Hall–Kier alpha value is -1.92. The molecule has 1 saturated heterocycles. The molecule has 1 amide bonds. The Bertz CT molecular complexity index is 792. The number of carbonyl (C=O) groups is 2. The summed E-state index contributed by atoms with van der Waals surface area (Å²) >= 11 is 0. The monoisotopic (exact) mass is 358 g/mol. The summed E-state index contributed by atoms with van der Waals surface area (Å²) in [6, 6.07) is 2.65. The first kappa shape index (κ1) is 17.5. The molecule has 26 heavy (non-hydrogen) atoms. The molecule has 1 aliphatic heterocycles. The maximum atomic E-state index is 12.9. The van der Waals surface area contributed by atoms with Crippen LogP contribution in [0.2, 0.25) is 0 Å². The third-order valence-corrected chi connectivity index (χ3v) is 6.77. The average molecular weight is 358 g/mol. The first-order valence-corrected chi connectivity index (χ1v) is 9.41. The van der Waals surface area contributed by atoms with Crippen molar-refractivity contribution in [2.75, 3.05) is 6.54 Å². The Labute approximate surface area is 153 Å². The van der Waals surface area contributed by atoms with Gasteiger partial charge in [0.05, 0.1) is 11.6 Å². The van der Waals surface area contributed by atoms with E-state index in [0.29, 0.717) is 19.3 Å². The highest BCUT2D eigenvalue weighted by atomic mass is 16.3. The number of fused-ring (bicyclic) bond motifs is 1. The third-order valence-electron chi connectivity index (χ3n) is 6.77. The minimum Gasteiger partial charge on any atom is -0.508 e. The molecule has 140 valence electrons. The van der Waals surface area contributed by atoms with E-state index in [0.717, 1.165) is 23.2 Å². The molecule has 0 aromatic heterocycles. The Morgan fingerprint density at radius 2 is 2.19 bits per heavy atom. The van der Waals surface area contributed by atoms with E-state index >= 15 is 0 Å². The summed E-state index contributed by atoms with van der Waals surface area (Å²) in [7, 11) is 0. The number of Topliss-reactive ketones (excluding diaryl/α,β-unsaturated/α-hetero) is 1. The van der Waals surface area contributed by atoms with Crippen LogP contribution < -0.4 is 10.6 Å². The fourth-order valence-corrected chi connectivity index (χ4v) is 5.44. The van der Waals surface area contributed by atoms with Gasteiger partial charge in [-0.15, -0.1) is 0 Å². The molecule has 2 bridgehead atoms. The van der Waals surface area contributed by atoms with Gasteiger partial charge in [0.2, 0.25) is 5.91 Å². The van der Waals surface area contributed by atoms with Crippen LogP contribution in [-0.2, 0) is 21.4 Å². The highest BCUT2D eigenvalue weighted by Gasteiger charge is 2.65. The van der Waals surface area contributed by atoms with Crippen LogP contribution in [0.15, 0.2) is 12.1 Å². The molecule has 1 heterocycles. The molecule has 0 radical (unpaired) electrons. The number of aliphatic hydroxyl groups is 1. The molecule has 1 aromatic carbocycles. The van der Waals surface area contributed by atoms with E-state index in [2.05, 4.69) is 10.6 Å². The highest BCUT2D eigenvalue weighted by Crippen LogP contribution is 2.56. The summed E-state index contributed by atoms with van der Waals surface area (Å²) in [5.74, 6) is -0.0412. The van der Waals surface area contributed by atoms with Crippen molar-refractivity contribution in [1.82, 2.24) is 10.6 Å². The number of ketones is 1. The predicted octanol–water partition coefficient (Wildman–Crippen LogP) is 0.845. The van der Waals surface area contributed by atoms with Gasteiger partial charge in [-0.3, -0.25) is 9.59 Å². The van der Waals surface area contributed by atoms with Crippen molar-refractivity contribution >= 4 is 11.7 Å². The van der Waals surface area contributed by atoms with Gasteiger partial charge in [-0.05, 0) is 55.1 Å². The zero-order chi connectivity index (χ0) is 18.7. The van der Waals surface area contributed by atoms with Gasteiger partial charge in [-0.2, -0.15) is 0 Å². The van der Waals surface area contributed by atoms with Crippen LogP contribution in [0.3, 0.4) is 0 Å². The Morgan fingerprint density at radius 1 is 1.42 bits per heavy atom. The van der Waals surface area contributed by atoms with Gasteiger partial charge >= 0.3 is 0 Å². The zero-order valence-corrected chi connectivity index (χ0v) is 15.3. The largest absolute Gasteiger partial charge is 0.508 e. The summed E-state index contributed by atoms with van der Waals surface area (Å²) in [5.41, 5.74) is 1.18. The number of nitrogens with one attached hydrogen (secondary N) is 2. The standard InChI is InChI=1S/C20H26N2O4/c1-3-18(25)22-15-9-20(26)17-8-13-11(2)6-12(23)7-14(13)19(20,4-5-21-17)10-16(15)24/h6-7,15,17,21,23,26H,3-5,8-10H2,1-2H3,(H,22,25)/t15-,17+,19+,20+/m0/s1. The molecule has 0 unspecified atom stereocenters. The number of carbonyl (C=O) groups excluding carboxylic acids is 2. The van der Waals surface area contributed by atoms with Crippen LogP contribution >= 0.6 is 0 Å². The summed E-state index contributed by atoms with van der Waals surface area (Å²) in [6.07, 6.45) is 2.00. The average Bonchev–Trinajstić information content (AvgIpc) is 2.57. The van der Waals surface area contributed by atoms with E-state index in [-0.39, 0.29) is 36.3 Å². The lowest BCUT2D eigenvalue weighted by Gasteiger charge is -2.61. The van der Waals surface area contributed by atoms with Crippen molar-refractivity contribution in [3.05, 3.63) is 28.8 Å². The molecule has 4 atom stereocenters. The normalized spacial score (nSPS) is 35.4. The number of hydrogen-bond acceptors (Lipinski definition) is 5. The van der Waals surface area contributed by atoms with Crippen LogP contribution in [0, 0.1) is 6.92 Å². The van der Waals surface area contributed by atoms with Crippen LogP contribution in [-0.4, -0.2) is 46.1 Å². The highest BCUT2D eigenvalue weighted by molar-refractivity contribution is 5.91. The van der Waals surface area contributed by atoms with E-state index in [1.165, 1.54) is 0 Å². The van der Waals surface area contributed by atoms with E-state index in [4.69, 9.17) is 0 Å². The van der Waals surface area contributed by atoms with Crippen molar-refractivity contribution in [3.63, 3.8) is 0 Å². The Balaban J connectivity index is 1.83. The molecule has 3 aliphatic rings. The zero-order valence-electron chi connectivity index (χ0n) is 15.3. The van der Waals surface area contributed by atoms with Crippen molar-refractivity contribution in [2.45, 2.75) is 69.1 Å². The van der Waals surface area contributed by atoms with E-state index < -0.39 is 17.1 Å². The van der Waals surface area contributed by atoms with E-state index in [1.54, 1.807) is 19.1 Å². The van der Waals surface area contributed by atoms with Gasteiger partial charge in [0, 0.05) is 30.7 Å². The quantitative estimate of drug-likeness (QED) is 0.628. The van der Waals surface area contributed by atoms with Crippen molar-refractivity contribution < 1.29 is 19.8 Å². The van der Waals surface area contributed by atoms with Gasteiger partial charge in [0.15, 0.2) is 5.78 Å². The smallest absolute Gasteiger partial charge is 0.220 e. The molecule has 1 aromatic rings. The number of phenols is 1. The fourth-order valence-electron chi connectivity index (χ4n) is 5.44. The minimum atomic E-state index is -1.13. The maximum Gasteiger partial charge on any atom is 0.220 e. The number of benzene rings is 1. The van der Waals surface area contributed by atoms with Crippen LogP contribution in [0.25, 0.3) is 0 Å². The topological polar surface area (TPSA) is 98.7 Å². The van der Waals surface area contributed by atoms with E-state index in [9.17, 15) is 19.8 Å². The lowest BCUT2D eigenvalue weighted by Crippen LogP contribution is -2.75. The maximum absolute atomic E-state index is 12.9. The molecule has 0 spiro atoms.